The van der Waals surface area contributed by atoms with E-state index in [0.29, 0.717) is 24.4 Å². The first-order valence-electron chi connectivity index (χ1n) is 7.64. The maximum absolute atomic E-state index is 12.9. The number of nitro groups is 1. The Bertz CT molecular complexity index is 869. The van der Waals surface area contributed by atoms with E-state index in [-0.39, 0.29) is 11.6 Å². The number of thiophene rings is 1. The molecule has 0 spiro atoms. The van der Waals surface area contributed by atoms with Gasteiger partial charge in [-0.15, -0.1) is 11.3 Å². The van der Waals surface area contributed by atoms with Gasteiger partial charge in [0, 0.05) is 27.5 Å². The number of amides is 1. The second-order valence-electron chi connectivity index (χ2n) is 5.56. The van der Waals surface area contributed by atoms with Crippen LogP contribution < -0.4 is 0 Å². The summed E-state index contributed by atoms with van der Waals surface area (Å²) in [7, 11) is 0. The third-order valence-corrected chi connectivity index (χ3v) is 4.67. The summed E-state index contributed by atoms with van der Waals surface area (Å²) in [4.78, 5) is 27.1. The molecule has 25 heavy (non-hydrogen) atoms. The predicted octanol–water partition coefficient (Wildman–Crippen LogP) is 4.40. The van der Waals surface area contributed by atoms with E-state index in [2.05, 4.69) is 0 Å². The number of carbonyl (C=O) groups is 1. The molecular formula is C18H16N2O4S. The third kappa shape index (κ3) is 4.13. The molecule has 0 radical (unpaired) electrons. The summed E-state index contributed by atoms with van der Waals surface area (Å²) in [6, 6.07) is 13.3. The largest absolute Gasteiger partial charge is 0.467 e. The number of nitro benzene ring substituents is 1. The second-order valence-corrected chi connectivity index (χ2v) is 6.93. The highest BCUT2D eigenvalue weighted by Gasteiger charge is 2.19. The number of hydrogen-bond donors (Lipinski definition) is 0. The van der Waals surface area contributed by atoms with Gasteiger partial charge in [-0.2, -0.15) is 0 Å². The monoisotopic (exact) mass is 356 g/mol. The number of furan rings is 1. The summed E-state index contributed by atoms with van der Waals surface area (Å²) in [5.41, 5.74) is 0.369. The fourth-order valence-corrected chi connectivity index (χ4v) is 3.36. The molecule has 0 saturated carbocycles. The fraction of sp³-hybridized carbons (Fsp3) is 0.167. The lowest BCUT2D eigenvalue weighted by atomic mass is 10.1. The smallest absolute Gasteiger partial charge is 0.269 e. The standard InChI is InChI=1S/C18H16N2O4S/c1-13-4-9-17(25-13)12-19(11-16-3-2-10-24-16)18(21)14-5-7-15(8-6-14)20(22)23/h2-10H,11-12H2,1H3. The van der Waals surface area contributed by atoms with Crippen LogP contribution in [-0.2, 0) is 13.1 Å². The minimum absolute atomic E-state index is 0.0389. The first kappa shape index (κ1) is 16.9. The minimum atomic E-state index is -0.483. The van der Waals surface area contributed by atoms with E-state index in [0.717, 1.165) is 4.88 Å². The topological polar surface area (TPSA) is 76.6 Å². The minimum Gasteiger partial charge on any atom is -0.467 e. The highest BCUT2D eigenvalue weighted by Crippen LogP contribution is 2.21. The highest BCUT2D eigenvalue weighted by molar-refractivity contribution is 7.11. The molecular weight excluding hydrogens is 340 g/mol. The van der Waals surface area contributed by atoms with Crippen LogP contribution in [0.3, 0.4) is 0 Å². The molecule has 128 valence electrons. The number of carbonyl (C=O) groups excluding carboxylic acids is 1. The molecule has 0 aliphatic heterocycles. The number of benzene rings is 1. The van der Waals surface area contributed by atoms with Gasteiger partial charge in [-0.25, -0.2) is 0 Å². The van der Waals surface area contributed by atoms with E-state index in [9.17, 15) is 14.9 Å². The molecule has 0 aliphatic rings. The van der Waals surface area contributed by atoms with Gasteiger partial charge in [-0.05, 0) is 43.3 Å². The summed E-state index contributed by atoms with van der Waals surface area (Å²) < 4.78 is 5.36. The second kappa shape index (κ2) is 7.31. The number of rotatable bonds is 6. The summed E-state index contributed by atoms with van der Waals surface area (Å²) in [5, 5.41) is 10.8. The molecule has 0 unspecified atom stereocenters. The van der Waals surface area contributed by atoms with E-state index in [1.807, 2.05) is 25.1 Å². The van der Waals surface area contributed by atoms with Crippen LogP contribution in [0.15, 0.2) is 59.2 Å². The highest BCUT2D eigenvalue weighted by atomic mass is 32.1. The van der Waals surface area contributed by atoms with Crippen LogP contribution in [-0.4, -0.2) is 15.7 Å². The van der Waals surface area contributed by atoms with Crippen molar-refractivity contribution in [3.05, 3.63) is 86.0 Å². The lowest BCUT2D eigenvalue weighted by Crippen LogP contribution is -2.29. The zero-order chi connectivity index (χ0) is 17.8. The lowest BCUT2D eigenvalue weighted by Gasteiger charge is -2.21. The normalized spacial score (nSPS) is 10.6. The van der Waals surface area contributed by atoms with Gasteiger partial charge in [0.25, 0.3) is 11.6 Å². The van der Waals surface area contributed by atoms with Crippen molar-refractivity contribution in [2.45, 2.75) is 20.0 Å². The molecule has 1 amide bonds. The van der Waals surface area contributed by atoms with Crippen molar-refractivity contribution in [1.82, 2.24) is 4.90 Å². The van der Waals surface area contributed by atoms with Crippen LogP contribution in [0.4, 0.5) is 5.69 Å². The van der Waals surface area contributed by atoms with Gasteiger partial charge in [0.15, 0.2) is 0 Å². The van der Waals surface area contributed by atoms with Gasteiger partial charge in [-0.3, -0.25) is 14.9 Å². The zero-order valence-electron chi connectivity index (χ0n) is 13.5. The summed E-state index contributed by atoms with van der Waals surface area (Å²) in [6.07, 6.45) is 1.57. The van der Waals surface area contributed by atoms with E-state index in [1.165, 1.54) is 29.1 Å². The van der Waals surface area contributed by atoms with Crippen LogP contribution in [0.5, 0.6) is 0 Å². The number of aryl methyl sites for hydroxylation is 1. The van der Waals surface area contributed by atoms with Gasteiger partial charge in [0.2, 0.25) is 0 Å². The average molecular weight is 356 g/mol. The van der Waals surface area contributed by atoms with E-state index in [1.54, 1.807) is 28.6 Å². The van der Waals surface area contributed by atoms with E-state index < -0.39 is 4.92 Å². The van der Waals surface area contributed by atoms with Gasteiger partial charge in [0.1, 0.15) is 5.76 Å². The van der Waals surface area contributed by atoms with Crippen LogP contribution in [0.25, 0.3) is 0 Å². The molecule has 0 aliphatic carbocycles. The third-order valence-electron chi connectivity index (χ3n) is 3.68. The Labute approximate surface area is 148 Å². The van der Waals surface area contributed by atoms with Crippen molar-refractivity contribution in [2.24, 2.45) is 0 Å². The molecule has 0 bridgehead atoms. The average Bonchev–Trinajstić information content (AvgIpc) is 3.25. The van der Waals surface area contributed by atoms with Crippen molar-refractivity contribution in [2.75, 3.05) is 0 Å². The van der Waals surface area contributed by atoms with Crippen molar-refractivity contribution in [1.29, 1.82) is 0 Å². The number of nitrogens with zero attached hydrogens (tertiary/aromatic N) is 2. The molecule has 0 saturated heterocycles. The van der Waals surface area contributed by atoms with Crippen molar-refractivity contribution in [3.8, 4) is 0 Å². The maximum Gasteiger partial charge on any atom is 0.269 e. The molecule has 0 N–H and O–H groups in total. The van der Waals surface area contributed by atoms with E-state index >= 15 is 0 Å². The molecule has 3 aromatic rings. The van der Waals surface area contributed by atoms with E-state index in [4.69, 9.17) is 4.42 Å². The SMILES string of the molecule is Cc1ccc(CN(Cc2ccco2)C(=O)c2ccc([N+](=O)[O-])cc2)s1. The van der Waals surface area contributed by atoms with Gasteiger partial charge >= 0.3 is 0 Å². The molecule has 1 aromatic carbocycles. The van der Waals surface area contributed by atoms with Crippen molar-refractivity contribution >= 4 is 22.9 Å². The van der Waals surface area contributed by atoms with Gasteiger partial charge < -0.3 is 9.32 Å². The molecule has 3 rings (SSSR count). The molecule has 0 atom stereocenters. The first-order valence-corrected chi connectivity index (χ1v) is 8.46. The lowest BCUT2D eigenvalue weighted by molar-refractivity contribution is -0.384. The Kier molecular flexibility index (Phi) is 4.95. The molecule has 2 aromatic heterocycles. The number of non-ortho nitro benzene ring substituents is 1. The number of hydrogen-bond acceptors (Lipinski definition) is 5. The van der Waals surface area contributed by atoms with Crippen LogP contribution in [0.2, 0.25) is 0 Å². The molecule has 0 fully saturated rings. The van der Waals surface area contributed by atoms with Crippen LogP contribution in [0, 0.1) is 17.0 Å². The quantitative estimate of drug-likeness (QED) is 0.484. The molecule has 2 heterocycles. The van der Waals surface area contributed by atoms with Gasteiger partial charge in [-0.1, -0.05) is 0 Å². The summed E-state index contributed by atoms with van der Waals surface area (Å²) in [6.45, 7) is 2.80. The van der Waals surface area contributed by atoms with Crippen molar-refractivity contribution < 1.29 is 14.1 Å². The van der Waals surface area contributed by atoms with Crippen LogP contribution >= 0.6 is 11.3 Å². The Morgan fingerprint density at radius 3 is 2.48 bits per heavy atom. The molecule has 6 nitrogen and oxygen atoms in total. The van der Waals surface area contributed by atoms with Gasteiger partial charge in [0.05, 0.1) is 24.3 Å². The Hall–Kier alpha value is -2.93. The van der Waals surface area contributed by atoms with Crippen LogP contribution in [0.1, 0.15) is 25.9 Å². The Morgan fingerprint density at radius 2 is 1.92 bits per heavy atom. The zero-order valence-corrected chi connectivity index (χ0v) is 14.4. The van der Waals surface area contributed by atoms with Crippen molar-refractivity contribution in [3.63, 3.8) is 0 Å². The molecule has 7 heteroatoms. The predicted molar refractivity (Wildman–Crippen MR) is 94.4 cm³/mol. The Morgan fingerprint density at radius 1 is 1.16 bits per heavy atom. The fourth-order valence-electron chi connectivity index (χ4n) is 2.46. The maximum atomic E-state index is 12.9. The Balaban J connectivity index is 1.83. The summed E-state index contributed by atoms with van der Waals surface area (Å²) in [5.74, 6) is 0.487. The summed E-state index contributed by atoms with van der Waals surface area (Å²) >= 11 is 1.63. The first-order chi connectivity index (χ1) is 12.0.